The summed E-state index contributed by atoms with van der Waals surface area (Å²) in [6.07, 6.45) is 2.59. The van der Waals surface area contributed by atoms with E-state index in [2.05, 4.69) is 55.0 Å². The van der Waals surface area contributed by atoms with Crippen molar-refractivity contribution in [3.63, 3.8) is 0 Å². The van der Waals surface area contributed by atoms with Gasteiger partial charge in [0, 0.05) is 37.5 Å². The number of hydrogen-bond acceptors (Lipinski definition) is 4. The van der Waals surface area contributed by atoms with Crippen molar-refractivity contribution in [3.8, 4) is 0 Å². The molecule has 1 aliphatic heterocycles. The molecule has 2 aromatic rings. The predicted molar refractivity (Wildman–Crippen MR) is 90.7 cm³/mol. The van der Waals surface area contributed by atoms with Crippen LogP contribution in [0, 0.1) is 6.92 Å². The minimum atomic E-state index is 0.418. The molecular weight excluding hydrogens is 274 g/mol. The first-order valence-corrected chi connectivity index (χ1v) is 8.24. The summed E-state index contributed by atoms with van der Waals surface area (Å²) in [5, 5.41) is 4.63. The highest BCUT2D eigenvalue weighted by atomic mass is 15.4. The summed E-state index contributed by atoms with van der Waals surface area (Å²) in [5.41, 5.74) is 3.10. The van der Waals surface area contributed by atoms with Gasteiger partial charge in [0.25, 0.3) is 0 Å². The van der Waals surface area contributed by atoms with Gasteiger partial charge in [-0.05, 0) is 39.3 Å². The van der Waals surface area contributed by atoms with Gasteiger partial charge in [0.2, 0.25) is 0 Å². The highest BCUT2D eigenvalue weighted by molar-refractivity contribution is 5.52. The first-order valence-electron chi connectivity index (χ1n) is 8.24. The van der Waals surface area contributed by atoms with Crippen molar-refractivity contribution in [2.75, 3.05) is 32.1 Å². The zero-order valence-electron chi connectivity index (χ0n) is 14.4. The Balaban J connectivity index is 1.96. The molecule has 5 heteroatoms. The van der Waals surface area contributed by atoms with Crippen LogP contribution in [0.2, 0.25) is 0 Å². The van der Waals surface area contributed by atoms with Gasteiger partial charge in [-0.15, -0.1) is 0 Å². The minimum Gasteiger partial charge on any atom is -0.358 e. The van der Waals surface area contributed by atoms with E-state index in [1.165, 1.54) is 19.4 Å². The number of likely N-dealkylation sites (N-methyl/N-ethyl adjacent to an activating group) is 2. The number of aromatic nitrogens is 3. The summed E-state index contributed by atoms with van der Waals surface area (Å²) in [4.78, 5) is 9.55. The van der Waals surface area contributed by atoms with Crippen LogP contribution in [0.15, 0.2) is 12.1 Å². The third-order valence-corrected chi connectivity index (χ3v) is 4.69. The van der Waals surface area contributed by atoms with Crippen molar-refractivity contribution in [2.45, 2.75) is 45.6 Å². The number of rotatable bonds is 4. The van der Waals surface area contributed by atoms with Crippen molar-refractivity contribution in [3.05, 3.63) is 23.5 Å². The van der Waals surface area contributed by atoms with E-state index < -0.39 is 0 Å². The molecule has 3 heterocycles. The maximum atomic E-state index is 4.75. The van der Waals surface area contributed by atoms with Crippen molar-refractivity contribution in [2.24, 2.45) is 0 Å². The molecule has 0 radical (unpaired) electrons. The van der Waals surface area contributed by atoms with E-state index in [1.54, 1.807) is 0 Å². The minimum absolute atomic E-state index is 0.418. The zero-order valence-corrected chi connectivity index (χ0v) is 14.4. The highest BCUT2D eigenvalue weighted by Crippen LogP contribution is 2.24. The molecule has 0 aliphatic carbocycles. The molecule has 22 heavy (non-hydrogen) atoms. The number of fused-ring (bicyclic) bond motifs is 1. The lowest BCUT2D eigenvalue weighted by Gasteiger charge is -2.27. The van der Waals surface area contributed by atoms with Crippen LogP contribution in [-0.2, 0) is 0 Å². The maximum absolute atomic E-state index is 4.75. The van der Waals surface area contributed by atoms with Crippen LogP contribution < -0.4 is 4.90 Å². The van der Waals surface area contributed by atoms with Gasteiger partial charge in [-0.25, -0.2) is 4.98 Å². The van der Waals surface area contributed by atoms with Crippen LogP contribution in [0.5, 0.6) is 0 Å². The Morgan fingerprint density at radius 1 is 1.36 bits per heavy atom. The lowest BCUT2D eigenvalue weighted by molar-refractivity contribution is 0.313. The summed E-state index contributed by atoms with van der Waals surface area (Å²) < 4.78 is 1.98. The van der Waals surface area contributed by atoms with Crippen molar-refractivity contribution in [1.82, 2.24) is 19.5 Å². The first kappa shape index (κ1) is 15.3. The Hall–Kier alpha value is -1.62. The van der Waals surface area contributed by atoms with Gasteiger partial charge in [0.05, 0.1) is 5.69 Å². The Labute approximate surface area is 132 Å². The summed E-state index contributed by atoms with van der Waals surface area (Å²) in [6, 6.07) is 4.89. The fraction of sp³-hybridized carbons (Fsp3) is 0.647. The van der Waals surface area contributed by atoms with E-state index in [9.17, 15) is 0 Å². The first-order chi connectivity index (χ1) is 10.5. The van der Waals surface area contributed by atoms with Crippen LogP contribution in [0.1, 0.15) is 44.0 Å². The quantitative estimate of drug-likeness (QED) is 0.870. The smallest absolute Gasteiger partial charge is 0.157 e. The van der Waals surface area contributed by atoms with Crippen molar-refractivity contribution in [1.29, 1.82) is 0 Å². The molecule has 0 amide bonds. The number of anilines is 1. The van der Waals surface area contributed by atoms with Crippen molar-refractivity contribution < 1.29 is 0 Å². The summed E-state index contributed by atoms with van der Waals surface area (Å²) in [5.74, 6) is 1.56. The van der Waals surface area contributed by atoms with Gasteiger partial charge in [-0.3, -0.25) is 0 Å². The van der Waals surface area contributed by atoms with Crippen LogP contribution in [0.4, 0.5) is 5.82 Å². The fourth-order valence-electron chi connectivity index (χ4n) is 3.28. The SMILES string of the molecule is Cc1cc2nc(C(C)C)cc(N(C)C[C@H]3CCCN3C)n2n1. The molecule has 1 atom stereocenters. The number of nitrogens with zero attached hydrogens (tertiary/aromatic N) is 5. The van der Waals surface area contributed by atoms with E-state index in [0.29, 0.717) is 12.0 Å². The lowest BCUT2D eigenvalue weighted by Crippen LogP contribution is -2.37. The van der Waals surface area contributed by atoms with Gasteiger partial charge in [0.15, 0.2) is 5.65 Å². The second-order valence-electron chi connectivity index (χ2n) is 6.91. The molecule has 0 spiro atoms. The Morgan fingerprint density at radius 2 is 2.14 bits per heavy atom. The molecular formula is C17H27N5. The average Bonchev–Trinajstić information content (AvgIpc) is 3.02. The molecule has 2 aromatic heterocycles. The molecule has 0 saturated carbocycles. The molecule has 0 N–H and O–H groups in total. The van der Waals surface area contributed by atoms with Crippen LogP contribution >= 0.6 is 0 Å². The van der Waals surface area contributed by atoms with Gasteiger partial charge < -0.3 is 9.80 Å². The average molecular weight is 301 g/mol. The normalized spacial score (nSPS) is 19.5. The highest BCUT2D eigenvalue weighted by Gasteiger charge is 2.23. The number of likely N-dealkylation sites (tertiary alicyclic amines) is 1. The maximum Gasteiger partial charge on any atom is 0.157 e. The zero-order chi connectivity index (χ0) is 15.9. The summed E-state index contributed by atoms with van der Waals surface area (Å²) in [7, 11) is 4.40. The number of aryl methyl sites for hydroxylation is 1. The third kappa shape index (κ3) is 2.82. The van der Waals surface area contributed by atoms with Crippen LogP contribution in [-0.4, -0.2) is 52.7 Å². The lowest BCUT2D eigenvalue weighted by atomic mass is 10.1. The fourth-order valence-corrected chi connectivity index (χ4v) is 3.28. The summed E-state index contributed by atoms with van der Waals surface area (Å²) in [6.45, 7) is 8.65. The predicted octanol–water partition coefficient (Wildman–Crippen LogP) is 2.69. The molecule has 1 aliphatic rings. The molecule has 3 rings (SSSR count). The molecule has 0 bridgehead atoms. The molecule has 0 unspecified atom stereocenters. The van der Waals surface area contributed by atoms with E-state index in [1.807, 2.05) is 11.4 Å². The largest absolute Gasteiger partial charge is 0.358 e. The van der Waals surface area contributed by atoms with Crippen LogP contribution in [0.25, 0.3) is 5.65 Å². The van der Waals surface area contributed by atoms with Gasteiger partial charge in [0.1, 0.15) is 5.82 Å². The topological polar surface area (TPSA) is 36.7 Å². The number of hydrogen-bond donors (Lipinski definition) is 0. The van der Waals surface area contributed by atoms with E-state index in [4.69, 9.17) is 4.98 Å². The van der Waals surface area contributed by atoms with Gasteiger partial charge in [-0.2, -0.15) is 9.61 Å². The Bertz CT molecular complexity index is 660. The Morgan fingerprint density at radius 3 is 2.77 bits per heavy atom. The van der Waals surface area contributed by atoms with E-state index in [0.717, 1.165) is 29.4 Å². The summed E-state index contributed by atoms with van der Waals surface area (Å²) >= 11 is 0. The van der Waals surface area contributed by atoms with E-state index in [-0.39, 0.29) is 0 Å². The second-order valence-corrected chi connectivity index (χ2v) is 6.91. The van der Waals surface area contributed by atoms with Gasteiger partial charge in [-0.1, -0.05) is 13.8 Å². The van der Waals surface area contributed by atoms with E-state index >= 15 is 0 Å². The molecule has 1 saturated heterocycles. The molecule has 120 valence electrons. The monoisotopic (exact) mass is 301 g/mol. The third-order valence-electron chi connectivity index (χ3n) is 4.69. The van der Waals surface area contributed by atoms with Crippen LogP contribution in [0.3, 0.4) is 0 Å². The second kappa shape index (κ2) is 5.88. The van der Waals surface area contributed by atoms with Gasteiger partial charge >= 0.3 is 0 Å². The standard InChI is InChI=1S/C17H27N5/c1-12(2)15-10-17(22-16(18-15)9-13(3)19-22)21(5)11-14-7-6-8-20(14)4/h9-10,12,14H,6-8,11H2,1-5H3/t14-/m1/s1. The molecule has 5 nitrogen and oxygen atoms in total. The molecule has 0 aromatic carbocycles. The molecule has 1 fully saturated rings. The Kier molecular flexibility index (Phi) is 4.08. The van der Waals surface area contributed by atoms with Crippen molar-refractivity contribution >= 4 is 11.5 Å².